The van der Waals surface area contributed by atoms with E-state index in [-0.39, 0.29) is 36.3 Å². The number of rotatable bonds is 4. The number of esters is 1. The van der Waals surface area contributed by atoms with Gasteiger partial charge < -0.3 is 10.1 Å². The summed E-state index contributed by atoms with van der Waals surface area (Å²) in [5, 5.41) is 0.201. The van der Waals surface area contributed by atoms with Crippen molar-refractivity contribution in [2.75, 3.05) is 11.9 Å². The van der Waals surface area contributed by atoms with Crippen molar-refractivity contribution < 1.29 is 62.6 Å². The number of amides is 1. The number of carbonyl (C=O) groups is 2. The molecule has 1 aromatic rings. The van der Waals surface area contributed by atoms with Gasteiger partial charge in [0, 0.05) is 4.88 Å². The number of fused-ring (bicyclic) bond motifs is 1. The van der Waals surface area contributed by atoms with Crippen molar-refractivity contribution in [3.05, 3.63) is 16.0 Å². The number of halogens is 11. The Balaban J connectivity index is 2.16. The molecule has 1 aromatic heterocycles. The van der Waals surface area contributed by atoms with Gasteiger partial charge in [0.15, 0.2) is 0 Å². The number of hydrogen-bond donors (Lipinski definition) is 1. The average Bonchev–Trinajstić information content (AvgIpc) is 3.13. The lowest BCUT2D eigenvalue weighted by Gasteiger charge is -2.51. The van der Waals surface area contributed by atoms with Crippen molar-refractivity contribution in [2.45, 2.75) is 82.2 Å². The predicted octanol–water partition coefficient (Wildman–Crippen LogP) is 6.91. The molecular weight excluding hydrogens is 567 g/mol. The Morgan fingerprint density at radius 3 is 1.82 bits per heavy atom. The van der Waals surface area contributed by atoms with Crippen LogP contribution in [0.2, 0.25) is 0 Å². The van der Waals surface area contributed by atoms with Gasteiger partial charge in [-0.3, -0.25) is 4.79 Å². The van der Waals surface area contributed by atoms with Crippen LogP contribution in [0, 0.1) is 11.3 Å². The smallest absolute Gasteiger partial charge is 0.384 e. The van der Waals surface area contributed by atoms with Crippen LogP contribution in [-0.2, 0) is 22.4 Å². The summed E-state index contributed by atoms with van der Waals surface area (Å²) in [7, 11) is 0. The van der Waals surface area contributed by atoms with E-state index in [1.165, 1.54) is 6.92 Å². The van der Waals surface area contributed by atoms with Crippen molar-refractivity contribution in [1.29, 1.82) is 0 Å². The summed E-state index contributed by atoms with van der Waals surface area (Å²) in [5.41, 5.74) is -7.59. The van der Waals surface area contributed by atoms with Gasteiger partial charge in [0.25, 0.3) is 5.91 Å². The molecular formula is C22H22F11NO3S. The van der Waals surface area contributed by atoms with Crippen molar-refractivity contribution in [1.82, 2.24) is 0 Å². The highest BCUT2D eigenvalue weighted by atomic mass is 32.1. The van der Waals surface area contributed by atoms with Crippen LogP contribution in [0.3, 0.4) is 0 Å². The number of hydrogen-bond acceptors (Lipinski definition) is 4. The highest BCUT2D eigenvalue weighted by molar-refractivity contribution is 7.17. The van der Waals surface area contributed by atoms with Gasteiger partial charge in [-0.05, 0) is 43.1 Å². The maximum absolute atomic E-state index is 15.2. The first-order chi connectivity index (χ1) is 16.9. The van der Waals surface area contributed by atoms with Crippen molar-refractivity contribution in [3.63, 3.8) is 0 Å². The van der Waals surface area contributed by atoms with Gasteiger partial charge >= 0.3 is 41.3 Å². The maximum Gasteiger partial charge on any atom is 0.384 e. The molecule has 16 heteroatoms. The van der Waals surface area contributed by atoms with E-state index in [0.717, 1.165) is 5.32 Å². The molecule has 1 fully saturated rings. The number of ether oxygens (including phenoxy) is 1. The normalized spacial score (nSPS) is 26.2. The third-order valence-electron chi connectivity index (χ3n) is 6.95. The highest BCUT2D eigenvalue weighted by Crippen LogP contribution is 2.69. The predicted molar refractivity (Wildman–Crippen MR) is 112 cm³/mol. The fourth-order valence-corrected chi connectivity index (χ4v) is 5.84. The zero-order valence-corrected chi connectivity index (χ0v) is 21.0. The Morgan fingerprint density at radius 2 is 1.37 bits per heavy atom. The van der Waals surface area contributed by atoms with Crippen molar-refractivity contribution in [3.8, 4) is 0 Å². The minimum absolute atomic E-state index is 0.0496. The molecule has 0 spiro atoms. The third kappa shape index (κ3) is 3.67. The second kappa shape index (κ2) is 8.68. The lowest BCUT2D eigenvalue weighted by Crippen LogP contribution is -2.86. The highest BCUT2D eigenvalue weighted by Gasteiger charge is 3.02. The molecule has 1 unspecified atom stereocenters. The van der Waals surface area contributed by atoms with Crippen molar-refractivity contribution >= 4 is 28.2 Å². The van der Waals surface area contributed by atoms with Crippen LogP contribution in [0.1, 0.15) is 54.9 Å². The van der Waals surface area contributed by atoms with Gasteiger partial charge in [0.05, 0.1) is 12.2 Å². The van der Waals surface area contributed by atoms with Gasteiger partial charge in [0.2, 0.25) is 0 Å². The minimum atomic E-state index is -7.44. The molecule has 216 valence electrons. The van der Waals surface area contributed by atoms with Crippen LogP contribution in [0.15, 0.2) is 0 Å². The van der Waals surface area contributed by atoms with Gasteiger partial charge in [-0.2, -0.15) is 43.9 Å². The van der Waals surface area contributed by atoms with E-state index in [1.54, 1.807) is 0 Å². The van der Waals surface area contributed by atoms with Crippen LogP contribution in [0.5, 0.6) is 0 Å². The second-order valence-electron chi connectivity index (χ2n) is 10.2. The third-order valence-corrected chi connectivity index (χ3v) is 8.12. The Bertz CT molecular complexity index is 1110. The molecule has 0 saturated heterocycles. The lowest BCUT2D eigenvalue weighted by atomic mass is 9.71. The van der Waals surface area contributed by atoms with Gasteiger partial charge in [-0.1, -0.05) is 20.8 Å². The zero-order chi connectivity index (χ0) is 29.5. The molecule has 2 aliphatic rings. The molecule has 0 radical (unpaired) electrons. The molecule has 0 aromatic carbocycles. The van der Waals surface area contributed by atoms with E-state index < -0.39 is 57.7 Å². The summed E-state index contributed by atoms with van der Waals surface area (Å²) in [6, 6.07) is 0. The number of alkyl halides is 11. The Hall–Kier alpha value is -2.13. The van der Waals surface area contributed by atoms with Gasteiger partial charge in [-0.25, -0.2) is 9.18 Å². The fraction of sp³-hybridized carbons (Fsp3) is 0.727. The monoisotopic (exact) mass is 589 g/mol. The van der Waals surface area contributed by atoms with E-state index in [0.29, 0.717) is 22.6 Å². The molecule has 1 atom stereocenters. The number of anilines is 1. The summed E-state index contributed by atoms with van der Waals surface area (Å²) in [5.74, 6) is -41.7. The lowest BCUT2D eigenvalue weighted by molar-refractivity contribution is -0.475. The van der Waals surface area contributed by atoms with E-state index in [9.17, 15) is 53.5 Å². The van der Waals surface area contributed by atoms with Crippen LogP contribution >= 0.6 is 11.3 Å². The summed E-state index contributed by atoms with van der Waals surface area (Å²) >= 11 is 0.415. The first-order valence-corrected chi connectivity index (χ1v) is 12.0. The van der Waals surface area contributed by atoms with Crippen LogP contribution in [-0.4, -0.2) is 53.8 Å². The topological polar surface area (TPSA) is 55.4 Å². The summed E-state index contributed by atoms with van der Waals surface area (Å²) in [4.78, 5) is 25.3. The minimum Gasteiger partial charge on any atom is -0.462 e. The molecule has 1 heterocycles. The fourth-order valence-electron chi connectivity index (χ4n) is 4.53. The van der Waals surface area contributed by atoms with E-state index >= 15 is 4.39 Å². The van der Waals surface area contributed by atoms with Crippen LogP contribution in [0.25, 0.3) is 0 Å². The Labute approximate surface area is 212 Å². The maximum atomic E-state index is 15.2. The number of carbonyl (C=O) groups excluding carboxylic acids is 2. The molecule has 4 nitrogen and oxygen atoms in total. The molecule has 0 bridgehead atoms. The summed E-state index contributed by atoms with van der Waals surface area (Å²) < 4.78 is 160. The Morgan fingerprint density at radius 1 is 0.895 bits per heavy atom. The molecule has 1 saturated carbocycles. The van der Waals surface area contributed by atoms with E-state index in [2.05, 4.69) is 0 Å². The van der Waals surface area contributed by atoms with Gasteiger partial charge in [0.1, 0.15) is 5.00 Å². The molecule has 2 aliphatic carbocycles. The summed E-state index contributed by atoms with van der Waals surface area (Å²) in [6.45, 7) is 6.69. The standard InChI is InChI=1S/C22H22F11NO3S/c1-5-37-14(35)12-10-7-6-9(16(2,3)4)8-11(10)38-13(12)34-15(36)17(23)18(24,25)20(28,29)22(32,33)21(30,31)19(17,26)27/h9H,5-8H2,1-4H3,(H,34,36). The number of thiophene rings is 1. The first-order valence-electron chi connectivity index (χ1n) is 11.2. The summed E-state index contributed by atoms with van der Waals surface area (Å²) in [6.07, 6.45) is 0.776. The second-order valence-corrected chi connectivity index (χ2v) is 11.3. The van der Waals surface area contributed by atoms with E-state index in [1.807, 2.05) is 20.8 Å². The SMILES string of the molecule is CCOC(=O)c1c(NC(=O)C2(F)C(F)(F)C(F)(F)C(F)(F)C(F)(F)C2(F)F)sc2c1CCC(C(C)(C)C)C2. The molecule has 1 amide bonds. The van der Waals surface area contributed by atoms with Crippen LogP contribution < -0.4 is 5.32 Å². The van der Waals surface area contributed by atoms with Gasteiger partial charge in [-0.15, -0.1) is 11.3 Å². The molecule has 0 aliphatic heterocycles. The largest absolute Gasteiger partial charge is 0.462 e. The van der Waals surface area contributed by atoms with E-state index in [4.69, 9.17) is 4.74 Å². The number of nitrogens with one attached hydrogen (secondary N) is 1. The average molecular weight is 589 g/mol. The molecule has 38 heavy (non-hydrogen) atoms. The Kier molecular flexibility index (Phi) is 6.95. The zero-order valence-electron chi connectivity index (χ0n) is 20.2. The molecule has 1 N–H and O–H groups in total. The first kappa shape index (κ1) is 30.4. The van der Waals surface area contributed by atoms with Crippen molar-refractivity contribution in [2.24, 2.45) is 11.3 Å². The quantitative estimate of drug-likeness (QED) is 0.307. The molecule has 3 rings (SSSR count). The van der Waals surface area contributed by atoms with Crippen LogP contribution in [0.4, 0.5) is 53.3 Å².